The zero-order valence-corrected chi connectivity index (χ0v) is 22.3. The molecule has 0 fully saturated rings. The van der Waals surface area contributed by atoms with Crippen LogP contribution < -0.4 is 15.4 Å². The van der Waals surface area contributed by atoms with Crippen molar-refractivity contribution >= 4 is 45.7 Å². The molecule has 0 amide bonds. The van der Waals surface area contributed by atoms with Crippen LogP contribution in [0.1, 0.15) is 24.8 Å². The van der Waals surface area contributed by atoms with Crippen LogP contribution in [0, 0.1) is 17.5 Å². The maximum Gasteiger partial charge on any atom is 0.201 e. The van der Waals surface area contributed by atoms with Gasteiger partial charge in [-0.1, -0.05) is 29.8 Å². The number of ether oxygens (including phenoxy) is 1. The highest BCUT2D eigenvalue weighted by Gasteiger charge is 2.37. The van der Waals surface area contributed by atoms with Crippen LogP contribution in [0.2, 0.25) is 5.02 Å². The van der Waals surface area contributed by atoms with E-state index in [2.05, 4.69) is 20.1 Å². The number of nitrogens with zero attached hydrogens (tertiary/aromatic N) is 6. The summed E-state index contributed by atoms with van der Waals surface area (Å²) in [5.41, 5.74) is 6.63. The van der Waals surface area contributed by atoms with Crippen molar-refractivity contribution in [2.45, 2.75) is 19.2 Å². The van der Waals surface area contributed by atoms with Gasteiger partial charge in [0.1, 0.15) is 41.2 Å². The molecule has 0 spiro atoms. The predicted molar refractivity (Wildman–Crippen MR) is 149 cm³/mol. The lowest BCUT2D eigenvalue weighted by molar-refractivity contribution is 0.184. The number of fused-ring (bicyclic) bond motifs is 2. The van der Waals surface area contributed by atoms with Gasteiger partial charge in [-0.05, 0) is 43.3 Å². The van der Waals surface area contributed by atoms with Crippen LogP contribution in [0.4, 0.5) is 30.4 Å². The molecule has 2 aromatic heterocycles. The minimum Gasteiger partial charge on any atom is -0.494 e. The van der Waals surface area contributed by atoms with E-state index in [1.165, 1.54) is 41.2 Å². The van der Waals surface area contributed by atoms with Gasteiger partial charge in [-0.3, -0.25) is 4.90 Å². The summed E-state index contributed by atoms with van der Waals surface area (Å²) in [7, 11) is 1.22. The molecule has 3 N–H and O–H groups in total. The molecule has 0 radical (unpaired) electrons. The first-order chi connectivity index (χ1) is 19.7. The van der Waals surface area contributed by atoms with E-state index in [1.807, 2.05) is 0 Å². The smallest absolute Gasteiger partial charge is 0.201 e. The summed E-state index contributed by atoms with van der Waals surface area (Å²) in [5.74, 6) is -3.21. The second kappa shape index (κ2) is 10.1. The van der Waals surface area contributed by atoms with Crippen molar-refractivity contribution in [2.24, 2.45) is 4.99 Å². The zero-order valence-electron chi connectivity index (χ0n) is 21.6. The van der Waals surface area contributed by atoms with E-state index >= 15 is 8.78 Å². The van der Waals surface area contributed by atoms with E-state index in [4.69, 9.17) is 22.1 Å². The van der Waals surface area contributed by atoms with Gasteiger partial charge in [0.25, 0.3) is 0 Å². The molecule has 0 aliphatic carbocycles. The molecule has 2 unspecified atom stereocenters. The summed E-state index contributed by atoms with van der Waals surface area (Å²) in [6.45, 7) is 1.69. The number of rotatable bonds is 5. The summed E-state index contributed by atoms with van der Waals surface area (Å²) < 4.78 is 51.2. The van der Waals surface area contributed by atoms with E-state index in [0.29, 0.717) is 5.69 Å². The Bertz CT molecular complexity index is 1850. The minimum atomic E-state index is -1.42. The number of hydrogen-bond acceptors (Lipinski definition) is 8. The van der Waals surface area contributed by atoms with Crippen LogP contribution in [0.5, 0.6) is 5.75 Å². The van der Waals surface area contributed by atoms with Crippen molar-refractivity contribution < 1.29 is 23.0 Å². The third-order valence-electron chi connectivity index (χ3n) is 6.91. The average molecular weight is 580 g/mol. The van der Waals surface area contributed by atoms with Crippen molar-refractivity contribution in [1.29, 1.82) is 0 Å². The normalized spacial score (nSPS) is 15.5. The highest BCUT2D eigenvalue weighted by Crippen LogP contribution is 2.44. The van der Waals surface area contributed by atoms with Crippen LogP contribution in [-0.2, 0) is 0 Å². The van der Waals surface area contributed by atoms with Gasteiger partial charge in [0.2, 0.25) is 5.82 Å². The van der Waals surface area contributed by atoms with Crippen LogP contribution >= 0.6 is 11.6 Å². The maximum atomic E-state index is 15.2. The van der Waals surface area contributed by atoms with Crippen molar-refractivity contribution in [3.05, 3.63) is 89.0 Å². The minimum absolute atomic E-state index is 0.0206. The molecule has 41 heavy (non-hydrogen) atoms. The molecule has 5 aromatic rings. The van der Waals surface area contributed by atoms with Crippen molar-refractivity contribution in [2.75, 3.05) is 17.7 Å². The standard InChI is InChI=1S/C28H21ClF3N7O2/c1-13(26-36-24-17(30)10-9-16(29)19(24)28(40)38(26)14-6-4-3-5-7-14)39-27-20(25(33)34-12-35-27)23(37-39)15-8-11-18(41-2)22(32)21(15)31/h3-13,28,40H,1-2H3,(H2,33,34,35). The Hall–Kier alpha value is -4.68. The van der Waals surface area contributed by atoms with Gasteiger partial charge in [0, 0.05) is 16.8 Å². The fraction of sp³-hybridized carbons (Fsp3) is 0.143. The number of benzene rings is 3. The largest absolute Gasteiger partial charge is 0.494 e. The van der Waals surface area contributed by atoms with Gasteiger partial charge in [-0.15, -0.1) is 0 Å². The molecule has 6 rings (SSSR count). The van der Waals surface area contributed by atoms with E-state index in [-0.39, 0.29) is 56.0 Å². The second-order valence-corrected chi connectivity index (χ2v) is 9.62. The van der Waals surface area contributed by atoms with Gasteiger partial charge in [0.15, 0.2) is 23.4 Å². The molecule has 13 heteroatoms. The van der Waals surface area contributed by atoms with E-state index in [1.54, 1.807) is 37.3 Å². The Morgan fingerprint density at radius 1 is 1.02 bits per heavy atom. The third kappa shape index (κ3) is 4.14. The van der Waals surface area contributed by atoms with Gasteiger partial charge >= 0.3 is 0 Å². The van der Waals surface area contributed by atoms with Crippen LogP contribution in [-0.4, -0.2) is 37.8 Å². The first-order valence-electron chi connectivity index (χ1n) is 12.3. The number of nitrogen functional groups attached to an aromatic ring is 1. The number of aliphatic imine (C=N–C) groups is 1. The summed E-state index contributed by atoms with van der Waals surface area (Å²) >= 11 is 6.38. The molecule has 9 nitrogen and oxygen atoms in total. The van der Waals surface area contributed by atoms with E-state index in [0.717, 1.165) is 6.07 Å². The third-order valence-corrected chi connectivity index (χ3v) is 7.24. The number of anilines is 2. The zero-order chi connectivity index (χ0) is 29.0. The van der Waals surface area contributed by atoms with Gasteiger partial charge in [-0.25, -0.2) is 28.4 Å². The molecule has 0 saturated carbocycles. The number of aromatic nitrogens is 4. The summed E-state index contributed by atoms with van der Waals surface area (Å²) in [6.07, 6.45) is -0.210. The molecule has 1 aliphatic heterocycles. The van der Waals surface area contributed by atoms with Gasteiger partial charge in [0.05, 0.1) is 17.5 Å². The van der Waals surface area contributed by atoms with Gasteiger partial charge < -0.3 is 15.6 Å². The molecule has 0 bridgehead atoms. The monoisotopic (exact) mass is 579 g/mol. The molecule has 1 aliphatic rings. The molecule has 3 aromatic carbocycles. The molecule has 2 atom stereocenters. The van der Waals surface area contributed by atoms with Crippen molar-refractivity contribution in [3.63, 3.8) is 0 Å². The number of nitrogens with two attached hydrogens (primary N) is 1. The van der Waals surface area contributed by atoms with Gasteiger partial charge in [-0.2, -0.15) is 9.49 Å². The number of halogens is 4. The quantitative estimate of drug-likeness (QED) is 0.264. The Balaban J connectivity index is 1.59. The first-order valence-corrected chi connectivity index (χ1v) is 12.7. The Labute approximate surface area is 236 Å². The molecule has 3 heterocycles. The number of hydrogen-bond donors (Lipinski definition) is 2. The lowest BCUT2D eigenvalue weighted by atomic mass is 10.0. The molecule has 0 saturated heterocycles. The second-order valence-electron chi connectivity index (χ2n) is 9.21. The molecular weight excluding hydrogens is 559 g/mol. The Morgan fingerprint density at radius 3 is 2.51 bits per heavy atom. The highest BCUT2D eigenvalue weighted by atomic mass is 35.5. The number of para-hydroxylation sites is 1. The first kappa shape index (κ1) is 26.5. The van der Waals surface area contributed by atoms with Crippen LogP contribution in [0.3, 0.4) is 0 Å². The lowest BCUT2D eigenvalue weighted by Crippen LogP contribution is -2.42. The lowest BCUT2D eigenvalue weighted by Gasteiger charge is -2.37. The van der Waals surface area contributed by atoms with E-state index in [9.17, 15) is 9.50 Å². The molecular formula is C28H21ClF3N7O2. The topological polar surface area (TPSA) is 115 Å². The average Bonchev–Trinajstić information content (AvgIpc) is 3.37. The van der Waals surface area contributed by atoms with Crippen LogP contribution in [0.15, 0.2) is 65.9 Å². The van der Waals surface area contributed by atoms with Crippen LogP contribution in [0.25, 0.3) is 22.3 Å². The summed E-state index contributed by atoms with van der Waals surface area (Å²) in [5, 5.41) is 16.4. The molecule has 208 valence electrons. The number of aliphatic hydroxyl groups is 1. The van der Waals surface area contributed by atoms with E-state index < -0.39 is 29.7 Å². The number of amidine groups is 1. The fourth-order valence-electron chi connectivity index (χ4n) is 4.93. The number of methoxy groups -OCH3 is 1. The Kier molecular flexibility index (Phi) is 6.51. The number of aliphatic hydroxyl groups excluding tert-OH is 1. The summed E-state index contributed by atoms with van der Waals surface area (Å²) in [4.78, 5) is 14.4. The fourth-order valence-corrected chi connectivity index (χ4v) is 5.18. The van der Waals surface area contributed by atoms with Crippen molar-refractivity contribution in [3.8, 4) is 17.0 Å². The van der Waals surface area contributed by atoms with Crippen molar-refractivity contribution in [1.82, 2.24) is 19.7 Å². The summed E-state index contributed by atoms with van der Waals surface area (Å²) in [6, 6.07) is 13.1. The Morgan fingerprint density at radius 2 is 1.78 bits per heavy atom. The highest BCUT2D eigenvalue weighted by molar-refractivity contribution is 6.32. The maximum absolute atomic E-state index is 15.2. The predicted octanol–water partition coefficient (Wildman–Crippen LogP) is 5.96. The SMILES string of the molecule is COc1ccc(-c2nn(C(C)C3=Nc4c(F)ccc(Cl)c4C(O)N3c3ccccc3)c3ncnc(N)c23)c(F)c1F.